The Morgan fingerprint density at radius 3 is 2.46 bits per heavy atom. The number of nitrogens with zero attached hydrogens (tertiary/aromatic N) is 4. The zero-order valence-electron chi connectivity index (χ0n) is 15.4. The minimum absolute atomic E-state index is 0.0620. The van der Waals surface area contributed by atoms with E-state index in [0.29, 0.717) is 5.82 Å². The molecule has 1 aromatic heterocycles. The summed E-state index contributed by atoms with van der Waals surface area (Å²) in [5.74, 6) is 0.424. The molecule has 2 aromatic rings. The van der Waals surface area contributed by atoms with Gasteiger partial charge in [0.05, 0.1) is 0 Å². The van der Waals surface area contributed by atoms with Gasteiger partial charge in [-0.1, -0.05) is 45.0 Å². The highest BCUT2D eigenvalue weighted by molar-refractivity contribution is 5.76. The lowest BCUT2D eigenvalue weighted by Gasteiger charge is -2.33. The van der Waals surface area contributed by atoms with Gasteiger partial charge in [-0.05, 0) is 43.4 Å². The van der Waals surface area contributed by atoms with Crippen molar-refractivity contribution in [1.29, 1.82) is 0 Å². The van der Waals surface area contributed by atoms with Gasteiger partial charge in [-0.3, -0.25) is 4.79 Å². The summed E-state index contributed by atoms with van der Waals surface area (Å²) in [5.41, 5.74) is 1.86. The number of amides is 1. The monoisotopic (exact) mass is 329 g/mol. The molecule has 0 fully saturated rings. The van der Waals surface area contributed by atoms with Crippen molar-refractivity contribution in [1.82, 2.24) is 25.5 Å². The van der Waals surface area contributed by atoms with E-state index in [0.717, 1.165) is 17.5 Å². The van der Waals surface area contributed by atoms with E-state index >= 15 is 0 Å². The molecule has 0 saturated heterocycles. The smallest absolute Gasteiger partial charge is 0.244 e. The zero-order chi connectivity index (χ0) is 18.0. The molecule has 0 aliphatic heterocycles. The number of hydrogen-bond acceptors (Lipinski definition) is 4. The number of rotatable bonds is 5. The molecule has 6 heteroatoms. The molecule has 0 spiro atoms. The topological polar surface area (TPSA) is 72.7 Å². The quantitative estimate of drug-likeness (QED) is 0.915. The van der Waals surface area contributed by atoms with Gasteiger partial charge in [0.2, 0.25) is 11.7 Å². The second kappa shape index (κ2) is 6.71. The highest BCUT2D eigenvalue weighted by Crippen LogP contribution is 2.26. The Bertz CT molecular complexity index is 712. The van der Waals surface area contributed by atoms with Crippen LogP contribution in [-0.2, 0) is 11.3 Å². The number of hydrogen-bond donors (Lipinski definition) is 1. The number of aryl methyl sites for hydroxylation is 1. The molecule has 1 heterocycles. The highest BCUT2D eigenvalue weighted by atomic mass is 16.2. The molecular formula is C18H27N5O. The molecule has 0 unspecified atom stereocenters. The molecule has 0 saturated carbocycles. The third-order valence-electron chi connectivity index (χ3n) is 3.57. The molecule has 0 aliphatic carbocycles. The first-order valence-electron chi connectivity index (χ1n) is 8.21. The number of nitrogens with one attached hydrogen (secondary N) is 1. The van der Waals surface area contributed by atoms with Gasteiger partial charge in [-0.2, -0.15) is 4.80 Å². The van der Waals surface area contributed by atoms with Gasteiger partial charge in [-0.25, -0.2) is 0 Å². The highest BCUT2D eigenvalue weighted by Gasteiger charge is 2.27. The lowest BCUT2D eigenvalue weighted by molar-refractivity contribution is -0.124. The Labute approximate surface area is 143 Å². The van der Waals surface area contributed by atoms with Crippen molar-refractivity contribution in [3.8, 4) is 11.4 Å². The third kappa shape index (κ3) is 5.15. The van der Waals surface area contributed by atoms with Crippen molar-refractivity contribution in [2.24, 2.45) is 5.41 Å². The summed E-state index contributed by atoms with van der Waals surface area (Å²) < 4.78 is 0. The minimum atomic E-state index is -0.283. The van der Waals surface area contributed by atoms with Crippen LogP contribution in [0.4, 0.5) is 0 Å². The van der Waals surface area contributed by atoms with E-state index in [4.69, 9.17) is 0 Å². The largest absolute Gasteiger partial charge is 0.350 e. The molecule has 130 valence electrons. The third-order valence-corrected chi connectivity index (χ3v) is 3.57. The van der Waals surface area contributed by atoms with Gasteiger partial charge in [0.25, 0.3) is 0 Å². The lowest BCUT2D eigenvalue weighted by atomic mass is 9.82. The van der Waals surface area contributed by atoms with E-state index in [9.17, 15) is 4.79 Å². The van der Waals surface area contributed by atoms with Crippen LogP contribution in [0.25, 0.3) is 11.4 Å². The number of aromatic nitrogens is 4. The first-order valence-corrected chi connectivity index (χ1v) is 8.21. The first-order chi connectivity index (χ1) is 11.1. The Kier molecular flexibility index (Phi) is 5.06. The molecule has 0 atom stereocenters. The molecule has 2 rings (SSSR count). The Balaban J connectivity index is 2.02. The van der Waals surface area contributed by atoms with Crippen molar-refractivity contribution in [2.45, 2.75) is 60.0 Å². The van der Waals surface area contributed by atoms with Crippen LogP contribution in [0.1, 0.15) is 46.6 Å². The van der Waals surface area contributed by atoms with Crippen LogP contribution in [0.15, 0.2) is 24.3 Å². The molecule has 0 aliphatic rings. The van der Waals surface area contributed by atoms with E-state index in [1.165, 1.54) is 4.80 Å². The Morgan fingerprint density at radius 1 is 1.17 bits per heavy atom. The van der Waals surface area contributed by atoms with Crippen LogP contribution >= 0.6 is 0 Å². The maximum Gasteiger partial charge on any atom is 0.244 e. The van der Waals surface area contributed by atoms with Crippen molar-refractivity contribution < 1.29 is 4.79 Å². The average molecular weight is 329 g/mol. The van der Waals surface area contributed by atoms with Crippen molar-refractivity contribution in [3.63, 3.8) is 0 Å². The number of benzene rings is 1. The Hall–Kier alpha value is -2.24. The van der Waals surface area contributed by atoms with Crippen molar-refractivity contribution in [2.75, 3.05) is 0 Å². The summed E-state index contributed by atoms with van der Waals surface area (Å²) >= 11 is 0. The van der Waals surface area contributed by atoms with E-state index in [1.807, 2.05) is 45.0 Å². The molecule has 0 radical (unpaired) electrons. The first kappa shape index (κ1) is 18.1. The summed E-state index contributed by atoms with van der Waals surface area (Å²) in [7, 11) is 0. The fraction of sp³-hybridized carbons (Fsp3) is 0.556. The summed E-state index contributed by atoms with van der Waals surface area (Å²) in [4.78, 5) is 13.6. The lowest BCUT2D eigenvalue weighted by Crippen LogP contribution is -2.47. The van der Waals surface area contributed by atoms with E-state index in [2.05, 4.69) is 41.5 Å². The number of carbonyl (C=O) groups excluding carboxylic acids is 1. The standard InChI is InChI=1S/C18H27N5O/c1-13-9-7-8-10-14(13)16-20-22-23(21-16)11-15(24)19-18(5,6)12-17(2,3)4/h7-10H,11-12H2,1-6H3,(H,19,24). The number of carbonyl (C=O) groups is 1. The maximum atomic E-state index is 12.3. The van der Waals surface area contributed by atoms with Gasteiger partial charge in [-0.15, -0.1) is 10.2 Å². The maximum absolute atomic E-state index is 12.3. The van der Waals surface area contributed by atoms with Crippen LogP contribution in [0.5, 0.6) is 0 Å². The summed E-state index contributed by atoms with van der Waals surface area (Å²) in [6.07, 6.45) is 0.880. The molecular weight excluding hydrogens is 302 g/mol. The van der Waals surface area contributed by atoms with Gasteiger partial charge in [0, 0.05) is 11.1 Å². The van der Waals surface area contributed by atoms with Gasteiger partial charge >= 0.3 is 0 Å². The van der Waals surface area contributed by atoms with Crippen LogP contribution in [-0.4, -0.2) is 31.7 Å². The van der Waals surface area contributed by atoms with Gasteiger partial charge in [0.1, 0.15) is 6.54 Å². The second-order valence-corrected chi connectivity index (χ2v) is 8.13. The fourth-order valence-corrected chi connectivity index (χ4v) is 3.16. The molecule has 1 N–H and O–H groups in total. The molecule has 0 bridgehead atoms. The summed E-state index contributed by atoms with van der Waals surface area (Å²) in [6.45, 7) is 12.6. The molecule has 24 heavy (non-hydrogen) atoms. The Morgan fingerprint density at radius 2 is 1.83 bits per heavy atom. The molecule has 1 aromatic carbocycles. The van der Waals surface area contributed by atoms with Crippen molar-refractivity contribution in [3.05, 3.63) is 29.8 Å². The van der Waals surface area contributed by atoms with Crippen LogP contribution < -0.4 is 5.32 Å². The summed E-state index contributed by atoms with van der Waals surface area (Å²) in [6, 6.07) is 7.85. The second-order valence-electron chi connectivity index (χ2n) is 8.13. The fourth-order valence-electron chi connectivity index (χ4n) is 3.16. The van der Waals surface area contributed by atoms with E-state index < -0.39 is 0 Å². The number of tetrazole rings is 1. The van der Waals surface area contributed by atoms with Crippen LogP contribution in [0.3, 0.4) is 0 Å². The minimum Gasteiger partial charge on any atom is -0.350 e. The predicted molar refractivity (Wildman–Crippen MR) is 94.3 cm³/mol. The van der Waals surface area contributed by atoms with Gasteiger partial charge < -0.3 is 5.32 Å². The van der Waals surface area contributed by atoms with E-state index in [1.54, 1.807) is 0 Å². The van der Waals surface area contributed by atoms with Crippen molar-refractivity contribution >= 4 is 5.91 Å². The van der Waals surface area contributed by atoms with E-state index in [-0.39, 0.29) is 23.4 Å². The average Bonchev–Trinajstić information content (AvgIpc) is 2.83. The normalized spacial score (nSPS) is 12.2. The van der Waals surface area contributed by atoms with Crippen LogP contribution in [0.2, 0.25) is 0 Å². The van der Waals surface area contributed by atoms with Gasteiger partial charge in [0.15, 0.2) is 0 Å². The predicted octanol–water partition coefficient (Wildman–Crippen LogP) is 2.98. The van der Waals surface area contributed by atoms with Crippen LogP contribution in [0, 0.1) is 12.3 Å². The molecule has 6 nitrogen and oxygen atoms in total. The molecule has 1 amide bonds. The summed E-state index contributed by atoms with van der Waals surface area (Å²) in [5, 5.41) is 15.4. The SMILES string of the molecule is Cc1ccccc1-c1nnn(CC(=O)NC(C)(C)CC(C)(C)C)n1. The zero-order valence-corrected chi connectivity index (χ0v) is 15.4.